The molecule has 2 aliphatic carbocycles. The van der Waals surface area contributed by atoms with Crippen molar-refractivity contribution in [3.05, 3.63) is 73.3 Å². The van der Waals surface area contributed by atoms with Gasteiger partial charge in [-0.25, -0.2) is 0 Å². The second kappa shape index (κ2) is 5.10. The third-order valence-corrected chi connectivity index (χ3v) is 7.41. The molecule has 130 valence electrons. The van der Waals surface area contributed by atoms with Gasteiger partial charge in [0.25, 0.3) is 0 Å². The van der Waals surface area contributed by atoms with Crippen molar-refractivity contribution in [3.8, 4) is 0 Å². The van der Waals surface area contributed by atoms with Crippen molar-refractivity contribution < 1.29 is 0 Å². The van der Waals surface area contributed by atoms with Crippen LogP contribution in [-0.2, 0) is 11.8 Å². The van der Waals surface area contributed by atoms with Gasteiger partial charge >= 0.3 is 0 Å². The summed E-state index contributed by atoms with van der Waals surface area (Å²) < 4.78 is 0. The molecular formula is C25H30. The van der Waals surface area contributed by atoms with Crippen LogP contribution >= 0.6 is 0 Å². The topological polar surface area (TPSA) is 0 Å². The maximum absolute atomic E-state index is 2.53. The van der Waals surface area contributed by atoms with E-state index in [4.69, 9.17) is 0 Å². The fourth-order valence-electron chi connectivity index (χ4n) is 5.48. The third kappa shape index (κ3) is 1.83. The Labute approximate surface area is 153 Å². The molecule has 0 amide bonds. The van der Waals surface area contributed by atoms with Crippen molar-refractivity contribution in [2.75, 3.05) is 0 Å². The summed E-state index contributed by atoms with van der Waals surface area (Å²) >= 11 is 0. The highest BCUT2D eigenvalue weighted by atomic mass is 14.5. The number of aryl methyl sites for hydroxylation is 2. The van der Waals surface area contributed by atoms with Crippen molar-refractivity contribution in [2.45, 2.75) is 67.2 Å². The van der Waals surface area contributed by atoms with Crippen molar-refractivity contribution in [1.29, 1.82) is 0 Å². The average molecular weight is 331 g/mol. The van der Waals surface area contributed by atoms with Gasteiger partial charge in [0.05, 0.1) is 0 Å². The molecule has 0 heteroatoms. The molecule has 0 N–H and O–H groups in total. The Morgan fingerprint density at radius 1 is 0.760 bits per heavy atom. The first-order valence-electron chi connectivity index (χ1n) is 9.63. The number of allylic oxidation sites excluding steroid dienone is 1. The molecule has 0 saturated heterocycles. The zero-order valence-electron chi connectivity index (χ0n) is 17.0. The highest BCUT2D eigenvalue weighted by Crippen LogP contribution is 2.59. The Hall–Kier alpha value is -1.82. The molecule has 4 rings (SSSR count). The zero-order valence-corrected chi connectivity index (χ0v) is 17.0. The Bertz CT molecular complexity index is 953. The van der Waals surface area contributed by atoms with Crippen LogP contribution in [0.25, 0.3) is 6.08 Å². The number of rotatable bonds is 1. The highest BCUT2D eigenvalue weighted by molar-refractivity contribution is 5.81. The van der Waals surface area contributed by atoms with Crippen LogP contribution in [0.5, 0.6) is 0 Å². The minimum Gasteiger partial charge on any atom is -0.0613 e. The third-order valence-electron chi connectivity index (χ3n) is 7.41. The summed E-state index contributed by atoms with van der Waals surface area (Å²) in [5.41, 5.74) is 16.7. The Kier molecular flexibility index (Phi) is 3.39. The molecule has 0 heterocycles. The minimum absolute atomic E-state index is 0.0805. The van der Waals surface area contributed by atoms with E-state index < -0.39 is 0 Å². The molecule has 0 saturated carbocycles. The number of fused-ring (bicyclic) bond motifs is 5. The zero-order chi connectivity index (χ0) is 18.3. The van der Waals surface area contributed by atoms with Crippen LogP contribution in [0.3, 0.4) is 0 Å². The van der Waals surface area contributed by atoms with Gasteiger partial charge in [0.15, 0.2) is 0 Å². The van der Waals surface area contributed by atoms with E-state index in [1.807, 2.05) is 0 Å². The number of hydrogen-bond acceptors (Lipinski definition) is 0. The van der Waals surface area contributed by atoms with Crippen LogP contribution in [0.4, 0.5) is 0 Å². The summed E-state index contributed by atoms with van der Waals surface area (Å²) in [7, 11) is 0. The predicted octanol–water partition coefficient (Wildman–Crippen LogP) is 6.43. The van der Waals surface area contributed by atoms with E-state index in [0.717, 1.165) is 6.42 Å². The van der Waals surface area contributed by atoms with E-state index in [2.05, 4.69) is 73.6 Å². The summed E-state index contributed by atoms with van der Waals surface area (Å²) in [6.45, 7) is 18.5. The minimum atomic E-state index is 0.0805. The summed E-state index contributed by atoms with van der Waals surface area (Å²) in [5.74, 6) is 0.560. The predicted molar refractivity (Wildman–Crippen MR) is 109 cm³/mol. The first-order chi connectivity index (χ1) is 11.7. The van der Waals surface area contributed by atoms with Gasteiger partial charge in [0.1, 0.15) is 0 Å². The maximum Gasteiger partial charge on any atom is 0.0449 e. The average Bonchev–Trinajstić information content (AvgIpc) is 3.04. The first-order valence-corrected chi connectivity index (χ1v) is 9.63. The van der Waals surface area contributed by atoms with E-state index >= 15 is 0 Å². The van der Waals surface area contributed by atoms with Crippen LogP contribution in [0.15, 0.2) is 17.7 Å². The van der Waals surface area contributed by atoms with Crippen LogP contribution in [-0.4, -0.2) is 0 Å². The van der Waals surface area contributed by atoms with E-state index in [0.29, 0.717) is 5.92 Å². The van der Waals surface area contributed by atoms with Gasteiger partial charge in [-0.15, -0.1) is 0 Å². The van der Waals surface area contributed by atoms with Crippen LogP contribution < -0.4 is 0 Å². The Balaban J connectivity index is 2.13. The van der Waals surface area contributed by atoms with Gasteiger partial charge in [0, 0.05) is 5.41 Å². The van der Waals surface area contributed by atoms with Crippen LogP contribution in [0.2, 0.25) is 0 Å². The summed E-state index contributed by atoms with van der Waals surface area (Å²) in [5, 5.41) is 0. The van der Waals surface area contributed by atoms with E-state index in [-0.39, 0.29) is 5.41 Å². The van der Waals surface area contributed by atoms with Gasteiger partial charge in [-0.1, -0.05) is 32.1 Å². The second-order valence-electron chi connectivity index (χ2n) is 8.68. The van der Waals surface area contributed by atoms with Crippen molar-refractivity contribution in [2.24, 2.45) is 5.92 Å². The lowest BCUT2D eigenvalue weighted by molar-refractivity contribution is 0.446. The second-order valence-corrected chi connectivity index (χ2v) is 8.68. The molecule has 0 spiro atoms. The molecule has 0 radical (unpaired) electrons. The van der Waals surface area contributed by atoms with Gasteiger partial charge in [-0.05, 0) is 115 Å². The lowest BCUT2D eigenvalue weighted by Gasteiger charge is -2.36. The molecule has 0 bridgehead atoms. The van der Waals surface area contributed by atoms with Gasteiger partial charge in [-0.3, -0.25) is 0 Å². The number of hydrogen-bond donors (Lipinski definition) is 0. The standard InChI is InChI=1S/C25H30/c1-13(2)25-20(11-21-18(7)16(5)14(3)9-23(21)25)12-22-19(8)17(6)15(4)10-24(22)25/h9-11,13H,12H2,1-8H3. The Morgan fingerprint density at radius 3 is 1.92 bits per heavy atom. The molecule has 2 aliphatic rings. The van der Waals surface area contributed by atoms with E-state index in [1.165, 1.54) is 38.9 Å². The quantitative estimate of drug-likeness (QED) is 0.565. The normalized spacial score (nSPS) is 20.6. The number of benzene rings is 2. The molecule has 1 atom stereocenters. The van der Waals surface area contributed by atoms with Crippen molar-refractivity contribution >= 4 is 6.08 Å². The SMILES string of the molecule is Cc1cc2c(c(C)c1C)C=C1Cc3c(cc(C)c(C)c3C)C12C(C)C. The molecule has 1 unspecified atom stereocenters. The largest absolute Gasteiger partial charge is 0.0613 e. The summed E-state index contributed by atoms with van der Waals surface area (Å²) in [6, 6.07) is 4.99. The van der Waals surface area contributed by atoms with Crippen molar-refractivity contribution in [1.82, 2.24) is 0 Å². The van der Waals surface area contributed by atoms with E-state index in [9.17, 15) is 0 Å². The highest BCUT2D eigenvalue weighted by Gasteiger charge is 2.51. The molecule has 0 aliphatic heterocycles. The van der Waals surface area contributed by atoms with Crippen LogP contribution in [0.1, 0.15) is 69.5 Å². The summed E-state index contributed by atoms with van der Waals surface area (Å²) in [4.78, 5) is 0. The fourth-order valence-corrected chi connectivity index (χ4v) is 5.48. The fraction of sp³-hybridized carbons (Fsp3) is 0.440. The lowest BCUT2D eigenvalue weighted by Crippen LogP contribution is -2.32. The maximum atomic E-state index is 2.53. The van der Waals surface area contributed by atoms with Gasteiger partial charge in [0.2, 0.25) is 0 Å². The Morgan fingerprint density at radius 2 is 1.32 bits per heavy atom. The van der Waals surface area contributed by atoms with Crippen molar-refractivity contribution in [3.63, 3.8) is 0 Å². The molecule has 0 fully saturated rings. The van der Waals surface area contributed by atoms with E-state index in [1.54, 1.807) is 22.3 Å². The molecule has 0 nitrogen and oxygen atoms in total. The smallest absolute Gasteiger partial charge is 0.0449 e. The molecule has 0 aromatic heterocycles. The lowest BCUT2D eigenvalue weighted by atomic mass is 9.66. The monoisotopic (exact) mass is 330 g/mol. The molecule has 2 aromatic carbocycles. The van der Waals surface area contributed by atoms with Crippen LogP contribution in [0, 0.1) is 47.5 Å². The summed E-state index contributed by atoms with van der Waals surface area (Å²) in [6.07, 6.45) is 3.65. The van der Waals surface area contributed by atoms with Gasteiger partial charge in [-0.2, -0.15) is 0 Å². The van der Waals surface area contributed by atoms with Gasteiger partial charge < -0.3 is 0 Å². The molecule has 2 aromatic rings. The first kappa shape index (κ1) is 16.6. The molecule has 25 heavy (non-hydrogen) atoms. The molecular weight excluding hydrogens is 300 g/mol.